The van der Waals surface area contributed by atoms with Gasteiger partial charge in [-0.3, -0.25) is 4.79 Å². The highest BCUT2D eigenvalue weighted by molar-refractivity contribution is 7.89. The van der Waals surface area contributed by atoms with Gasteiger partial charge in [0.15, 0.2) is 0 Å². The molecular formula is C17H18ClFN2O3S. The number of nitrogens with one attached hydrogen (secondary N) is 1. The molecule has 2 rings (SSSR count). The van der Waals surface area contributed by atoms with Crippen LogP contribution in [0.1, 0.15) is 12.0 Å². The first-order valence-electron chi connectivity index (χ1n) is 7.51. The third kappa shape index (κ3) is 5.81. The Kier molecular flexibility index (Phi) is 6.52. The van der Waals surface area contributed by atoms with E-state index in [1.807, 2.05) is 12.1 Å². The Balaban J connectivity index is 1.84. The van der Waals surface area contributed by atoms with E-state index >= 15 is 0 Å². The van der Waals surface area contributed by atoms with E-state index in [1.165, 1.54) is 17.0 Å². The van der Waals surface area contributed by atoms with Crippen molar-refractivity contribution in [3.8, 4) is 0 Å². The monoisotopic (exact) mass is 384 g/mol. The standard InChI is InChI=1S/C17H18ClFN2O3S/c1-21(12-13-2-4-14(18)5-3-13)17(22)10-11-20-25(23,24)16-8-6-15(19)7-9-16/h2-9,20H,10-12H2,1H3. The summed E-state index contributed by atoms with van der Waals surface area (Å²) in [6.07, 6.45) is 0.0184. The first kappa shape index (κ1) is 19.4. The number of nitrogens with zero attached hydrogens (tertiary/aromatic N) is 1. The van der Waals surface area contributed by atoms with Crippen molar-refractivity contribution in [2.75, 3.05) is 13.6 Å². The summed E-state index contributed by atoms with van der Waals surface area (Å²) >= 11 is 5.81. The van der Waals surface area contributed by atoms with E-state index in [9.17, 15) is 17.6 Å². The summed E-state index contributed by atoms with van der Waals surface area (Å²) in [5, 5.41) is 0.618. The maximum Gasteiger partial charge on any atom is 0.240 e. The molecule has 134 valence electrons. The number of benzene rings is 2. The molecular weight excluding hydrogens is 367 g/mol. The summed E-state index contributed by atoms with van der Waals surface area (Å²) < 4.78 is 39.3. The molecule has 2 aromatic carbocycles. The van der Waals surface area contributed by atoms with Crippen molar-refractivity contribution in [3.63, 3.8) is 0 Å². The molecule has 0 atom stereocenters. The predicted molar refractivity (Wildman–Crippen MR) is 94.1 cm³/mol. The van der Waals surface area contributed by atoms with Crippen LogP contribution in [0.15, 0.2) is 53.4 Å². The molecule has 0 unspecified atom stereocenters. The molecule has 0 aliphatic rings. The highest BCUT2D eigenvalue weighted by atomic mass is 35.5. The van der Waals surface area contributed by atoms with Crippen LogP contribution >= 0.6 is 11.6 Å². The van der Waals surface area contributed by atoms with Gasteiger partial charge < -0.3 is 4.90 Å². The minimum Gasteiger partial charge on any atom is -0.341 e. The molecule has 8 heteroatoms. The Labute approximate surface area is 151 Å². The van der Waals surface area contributed by atoms with E-state index in [0.29, 0.717) is 11.6 Å². The molecule has 0 spiro atoms. The average Bonchev–Trinajstić information content (AvgIpc) is 2.57. The Morgan fingerprint density at radius 1 is 1.12 bits per heavy atom. The van der Waals surface area contributed by atoms with Gasteiger partial charge in [0, 0.05) is 31.6 Å². The quantitative estimate of drug-likeness (QED) is 0.798. The van der Waals surface area contributed by atoms with Crippen molar-refractivity contribution < 1.29 is 17.6 Å². The molecule has 2 aromatic rings. The van der Waals surface area contributed by atoms with Crippen molar-refractivity contribution in [1.82, 2.24) is 9.62 Å². The van der Waals surface area contributed by atoms with Crippen LogP contribution < -0.4 is 4.72 Å². The van der Waals surface area contributed by atoms with E-state index in [0.717, 1.165) is 17.7 Å². The summed E-state index contributed by atoms with van der Waals surface area (Å²) in [6.45, 7) is 0.365. The van der Waals surface area contributed by atoms with Crippen LogP contribution in [0, 0.1) is 5.82 Å². The molecule has 0 radical (unpaired) electrons. The van der Waals surface area contributed by atoms with Gasteiger partial charge in [0.05, 0.1) is 4.90 Å². The van der Waals surface area contributed by atoms with E-state index in [4.69, 9.17) is 11.6 Å². The fourth-order valence-corrected chi connectivity index (χ4v) is 3.29. The lowest BCUT2D eigenvalue weighted by Crippen LogP contribution is -2.31. The third-order valence-corrected chi connectivity index (χ3v) is 5.24. The number of rotatable bonds is 7. The van der Waals surface area contributed by atoms with E-state index in [-0.39, 0.29) is 23.8 Å². The minimum absolute atomic E-state index is 0.0184. The van der Waals surface area contributed by atoms with Gasteiger partial charge in [-0.1, -0.05) is 23.7 Å². The molecule has 0 saturated carbocycles. The van der Waals surface area contributed by atoms with Crippen LogP contribution in [0.3, 0.4) is 0 Å². The van der Waals surface area contributed by atoms with E-state index < -0.39 is 15.8 Å². The van der Waals surface area contributed by atoms with Gasteiger partial charge in [0.1, 0.15) is 5.82 Å². The fourth-order valence-electron chi connectivity index (χ4n) is 2.13. The maximum atomic E-state index is 12.8. The van der Waals surface area contributed by atoms with Crippen molar-refractivity contribution in [2.45, 2.75) is 17.9 Å². The van der Waals surface area contributed by atoms with Gasteiger partial charge in [-0.2, -0.15) is 0 Å². The molecule has 0 saturated heterocycles. The lowest BCUT2D eigenvalue weighted by molar-refractivity contribution is -0.130. The van der Waals surface area contributed by atoms with Crippen molar-refractivity contribution >= 4 is 27.5 Å². The van der Waals surface area contributed by atoms with Crippen LogP contribution in [-0.4, -0.2) is 32.8 Å². The second-order valence-corrected chi connectivity index (χ2v) is 7.68. The average molecular weight is 385 g/mol. The highest BCUT2D eigenvalue weighted by Gasteiger charge is 2.15. The fraction of sp³-hybridized carbons (Fsp3) is 0.235. The van der Waals surface area contributed by atoms with Crippen LogP contribution in [0.2, 0.25) is 5.02 Å². The zero-order valence-electron chi connectivity index (χ0n) is 13.6. The number of sulfonamides is 1. The number of halogens is 2. The smallest absolute Gasteiger partial charge is 0.240 e. The topological polar surface area (TPSA) is 66.5 Å². The normalized spacial score (nSPS) is 11.3. The van der Waals surface area contributed by atoms with E-state index in [2.05, 4.69) is 4.72 Å². The zero-order chi connectivity index (χ0) is 18.4. The SMILES string of the molecule is CN(Cc1ccc(Cl)cc1)C(=O)CCNS(=O)(=O)c1ccc(F)cc1. The number of amides is 1. The minimum atomic E-state index is -3.76. The Bertz CT molecular complexity index is 824. The van der Waals surface area contributed by atoms with Crippen molar-refractivity contribution in [1.29, 1.82) is 0 Å². The number of carbonyl (C=O) groups excluding carboxylic acids is 1. The second kappa shape index (κ2) is 8.42. The highest BCUT2D eigenvalue weighted by Crippen LogP contribution is 2.12. The largest absolute Gasteiger partial charge is 0.341 e. The van der Waals surface area contributed by atoms with Crippen LogP contribution in [-0.2, 0) is 21.4 Å². The number of carbonyl (C=O) groups is 1. The molecule has 0 bridgehead atoms. The molecule has 0 aliphatic carbocycles. The second-order valence-electron chi connectivity index (χ2n) is 5.48. The van der Waals surface area contributed by atoms with Crippen LogP contribution in [0.4, 0.5) is 4.39 Å². The number of hydrogen-bond acceptors (Lipinski definition) is 3. The molecule has 5 nitrogen and oxygen atoms in total. The van der Waals surface area contributed by atoms with Gasteiger partial charge in [-0.05, 0) is 42.0 Å². The predicted octanol–water partition coefficient (Wildman–Crippen LogP) is 2.81. The van der Waals surface area contributed by atoms with E-state index in [1.54, 1.807) is 19.2 Å². The molecule has 25 heavy (non-hydrogen) atoms. The molecule has 0 fully saturated rings. The van der Waals surface area contributed by atoms with Crippen LogP contribution in [0.25, 0.3) is 0 Å². The zero-order valence-corrected chi connectivity index (χ0v) is 15.1. The van der Waals surface area contributed by atoms with Gasteiger partial charge in [0.25, 0.3) is 0 Å². The van der Waals surface area contributed by atoms with Gasteiger partial charge in [-0.15, -0.1) is 0 Å². The molecule has 1 N–H and O–H groups in total. The summed E-state index contributed by atoms with van der Waals surface area (Å²) in [6, 6.07) is 11.6. The lowest BCUT2D eigenvalue weighted by atomic mass is 10.2. The summed E-state index contributed by atoms with van der Waals surface area (Å²) in [4.78, 5) is 13.6. The third-order valence-electron chi connectivity index (χ3n) is 3.51. The summed E-state index contributed by atoms with van der Waals surface area (Å²) in [5.41, 5.74) is 0.923. The summed E-state index contributed by atoms with van der Waals surface area (Å²) in [7, 11) is -2.12. The Hall–Kier alpha value is -1.96. The van der Waals surface area contributed by atoms with Gasteiger partial charge in [0.2, 0.25) is 15.9 Å². The van der Waals surface area contributed by atoms with Gasteiger partial charge >= 0.3 is 0 Å². The summed E-state index contributed by atoms with van der Waals surface area (Å²) in [5.74, 6) is -0.713. The molecule has 0 heterocycles. The lowest BCUT2D eigenvalue weighted by Gasteiger charge is -2.17. The molecule has 0 aromatic heterocycles. The number of hydrogen-bond donors (Lipinski definition) is 1. The maximum absolute atomic E-state index is 12.8. The van der Waals surface area contributed by atoms with Gasteiger partial charge in [-0.25, -0.2) is 17.5 Å². The first-order valence-corrected chi connectivity index (χ1v) is 9.38. The van der Waals surface area contributed by atoms with Crippen molar-refractivity contribution in [2.24, 2.45) is 0 Å². The Morgan fingerprint density at radius 3 is 2.32 bits per heavy atom. The molecule has 0 aliphatic heterocycles. The Morgan fingerprint density at radius 2 is 1.72 bits per heavy atom. The first-order chi connectivity index (χ1) is 11.8. The van der Waals surface area contributed by atoms with Crippen LogP contribution in [0.5, 0.6) is 0 Å². The molecule has 1 amide bonds. The van der Waals surface area contributed by atoms with Crippen molar-refractivity contribution in [3.05, 3.63) is 64.9 Å².